The summed E-state index contributed by atoms with van der Waals surface area (Å²) in [6, 6.07) is 15.9. The van der Waals surface area contributed by atoms with E-state index in [2.05, 4.69) is 16.6 Å². The van der Waals surface area contributed by atoms with Crippen LogP contribution in [0.2, 0.25) is 0 Å². The van der Waals surface area contributed by atoms with Gasteiger partial charge in [0.15, 0.2) is 0 Å². The number of fused-ring (bicyclic) bond motifs is 1. The van der Waals surface area contributed by atoms with Crippen LogP contribution in [-0.4, -0.2) is 35.9 Å². The van der Waals surface area contributed by atoms with Crippen molar-refractivity contribution in [2.45, 2.75) is 0 Å². The fourth-order valence-electron chi connectivity index (χ4n) is 3.43. The third-order valence-corrected chi connectivity index (χ3v) is 4.94. The Morgan fingerprint density at radius 3 is 2.67 bits per heavy atom. The molecule has 1 heterocycles. The number of hydrogen-bond donors (Lipinski definition) is 2. The maximum atomic E-state index is 13.8. The molecule has 2 N–H and O–H groups in total. The van der Waals surface area contributed by atoms with Gasteiger partial charge in [0.25, 0.3) is 5.91 Å². The summed E-state index contributed by atoms with van der Waals surface area (Å²) in [4.78, 5) is 38.3. The topological polar surface area (TPSA) is 87.7 Å². The van der Waals surface area contributed by atoms with Crippen LogP contribution in [0.4, 0.5) is 14.9 Å². The van der Waals surface area contributed by atoms with E-state index in [0.29, 0.717) is 11.3 Å². The number of hydrogen-bond acceptors (Lipinski definition) is 4. The predicted octanol–water partition coefficient (Wildman–Crippen LogP) is 3.52. The van der Waals surface area contributed by atoms with Crippen LogP contribution < -0.4 is 15.4 Å². The normalized spacial score (nSPS) is 14.3. The van der Waals surface area contributed by atoms with Gasteiger partial charge in [0.05, 0.1) is 5.69 Å². The summed E-state index contributed by atoms with van der Waals surface area (Å²) in [5.74, 6) is 0.801. The zero-order chi connectivity index (χ0) is 23.4. The number of rotatable bonds is 6. The molecule has 0 aromatic heterocycles. The molecule has 4 amide bonds. The summed E-state index contributed by atoms with van der Waals surface area (Å²) in [7, 11) is 0. The van der Waals surface area contributed by atoms with Crippen LogP contribution in [-0.2, 0) is 9.59 Å². The standard InChI is InChI=1S/C25H18FN3O4/c1-2-13-33-22-12-11-16-7-3-4-8-17(16)18(22)14-21-24(31)29(25(32)28-21)15-23(30)27-20-10-6-5-9-19(20)26/h1,3-12,14H,13,15H2,(H,27,30)(H,28,32)/b21-14+. The van der Waals surface area contributed by atoms with Gasteiger partial charge in [0.2, 0.25) is 5.91 Å². The SMILES string of the molecule is C#CCOc1ccc2ccccc2c1/C=C1/NC(=O)N(CC(=O)Nc2ccccc2F)C1=O. The molecule has 0 aliphatic carbocycles. The lowest BCUT2D eigenvalue weighted by molar-refractivity contribution is -0.127. The highest BCUT2D eigenvalue weighted by atomic mass is 19.1. The number of benzene rings is 3. The van der Waals surface area contributed by atoms with Crippen molar-refractivity contribution in [2.75, 3.05) is 18.5 Å². The second kappa shape index (κ2) is 9.24. The number of ether oxygens (including phenoxy) is 1. The highest BCUT2D eigenvalue weighted by Crippen LogP contribution is 2.31. The van der Waals surface area contributed by atoms with Gasteiger partial charge in [-0.05, 0) is 35.0 Å². The van der Waals surface area contributed by atoms with Gasteiger partial charge in [0.1, 0.15) is 30.4 Å². The molecular formula is C25H18FN3O4. The molecule has 0 radical (unpaired) electrons. The van der Waals surface area contributed by atoms with E-state index < -0.39 is 30.2 Å². The molecule has 0 bridgehead atoms. The van der Waals surface area contributed by atoms with Gasteiger partial charge in [-0.2, -0.15) is 0 Å². The molecule has 33 heavy (non-hydrogen) atoms. The van der Waals surface area contributed by atoms with Crippen molar-refractivity contribution in [3.05, 3.63) is 77.7 Å². The minimum Gasteiger partial charge on any atom is -0.480 e. The van der Waals surface area contributed by atoms with E-state index in [-0.39, 0.29) is 18.0 Å². The van der Waals surface area contributed by atoms with Gasteiger partial charge in [-0.25, -0.2) is 14.1 Å². The maximum Gasteiger partial charge on any atom is 0.329 e. The van der Waals surface area contributed by atoms with Gasteiger partial charge in [-0.15, -0.1) is 6.42 Å². The Morgan fingerprint density at radius 1 is 1.12 bits per heavy atom. The Balaban J connectivity index is 1.60. The number of para-hydroxylation sites is 1. The monoisotopic (exact) mass is 443 g/mol. The van der Waals surface area contributed by atoms with E-state index in [4.69, 9.17) is 11.2 Å². The van der Waals surface area contributed by atoms with E-state index >= 15 is 0 Å². The molecule has 1 aliphatic rings. The highest BCUT2D eigenvalue weighted by Gasteiger charge is 2.35. The fraction of sp³-hybridized carbons (Fsp3) is 0.0800. The van der Waals surface area contributed by atoms with Gasteiger partial charge in [-0.1, -0.05) is 48.4 Å². The van der Waals surface area contributed by atoms with Crippen LogP contribution in [0, 0.1) is 18.2 Å². The number of urea groups is 1. The van der Waals surface area contributed by atoms with E-state index in [1.54, 1.807) is 12.1 Å². The number of nitrogens with zero attached hydrogens (tertiary/aromatic N) is 1. The van der Waals surface area contributed by atoms with Gasteiger partial charge in [-0.3, -0.25) is 9.59 Å². The quantitative estimate of drug-likeness (QED) is 0.347. The summed E-state index contributed by atoms with van der Waals surface area (Å²) < 4.78 is 19.4. The number of nitrogens with one attached hydrogen (secondary N) is 2. The molecule has 0 unspecified atom stereocenters. The fourth-order valence-corrected chi connectivity index (χ4v) is 3.43. The lowest BCUT2D eigenvalue weighted by atomic mass is 10.0. The second-order valence-electron chi connectivity index (χ2n) is 7.10. The van der Waals surface area contributed by atoms with Crippen LogP contribution in [0.25, 0.3) is 16.8 Å². The smallest absolute Gasteiger partial charge is 0.329 e. The number of amides is 4. The first-order chi connectivity index (χ1) is 16.0. The number of anilines is 1. The van der Waals surface area contributed by atoms with E-state index in [1.807, 2.05) is 30.3 Å². The molecule has 164 valence electrons. The Labute approximate surface area is 188 Å². The third kappa shape index (κ3) is 4.52. The Kier molecular flexibility index (Phi) is 6.04. The zero-order valence-electron chi connectivity index (χ0n) is 17.3. The summed E-state index contributed by atoms with van der Waals surface area (Å²) in [6.07, 6.45) is 6.79. The predicted molar refractivity (Wildman–Crippen MR) is 122 cm³/mol. The molecular weight excluding hydrogens is 425 g/mol. The summed E-state index contributed by atoms with van der Waals surface area (Å²) >= 11 is 0. The molecule has 7 nitrogen and oxygen atoms in total. The number of carbonyl (C=O) groups excluding carboxylic acids is 3. The molecule has 1 saturated heterocycles. The average molecular weight is 443 g/mol. The first-order valence-corrected chi connectivity index (χ1v) is 9.95. The lowest BCUT2D eigenvalue weighted by Gasteiger charge is -2.12. The van der Waals surface area contributed by atoms with Gasteiger partial charge >= 0.3 is 6.03 Å². The molecule has 1 aliphatic heterocycles. The van der Waals surface area contributed by atoms with Crippen LogP contribution in [0.5, 0.6) is 5.75 Å². The van der Waals surface area contributed by atoms with Crippen molar-refractivity contribution in [2.24, 2.45) is 0 Å². The van der Waals surface area contributed by atoms with Crippen molar-refractivity contribution in [1.82, 2.24) is 10.2 Å². The minimum absolute atomic E-state index is 0.0250. The summed E-state index contributed by atoms with van der Waals surface area (Å²) in [6.45, 7) is -0.552. The molecule has 0 atom stereocenters. The zero-order valence-corrected chi connectivity index (χ0v) is 17.3. The molecule has 3 aromatic carbocycles. The van der Waals surface area contributed by atoms with Crippen LogP contribution in [0.1, 0.15) is 5.56 Å². The van der Waals surface area contributed by atoms with Crippen molar-refractivity contribution in [3.63, 3.8) is 0 Å². The van der Waals surface area contributed by atoms with E-state index in [9.17, 15) is 18.8 Å². The molecule has 0 spiro atoms. The Morgan fingerprint density at radius 2 is 1.88 bits per heavy atom. The number of imide groups is 1. The molecule has 0 saturated carbocycles. The second-order valence-corrected chi connectivity index (χ2v) is 7.10. The highest BCUT2D eigenvalue weighted by molar-refractivity contribution is 6.16. The maximum absolute atomic E-state index is 13.8. The first kappa shape index (κ1) is 21.6. The number of terminal acetylenes is 1. The van der Waals surface area contributed by atoms with Crippen molar-refractivity contribution in [3.8, 4) is 18.1 Å². The molecule has 3 aromatic rings. The van der Waals surface area contributed by atoms with E-state index in [0.717, 1.165) is 15.7 Å². The molecule has 8 heteroatoms. The van der Waals surface area contributed by atoms with Crippen LogP contribution in [0.15, 0.2) is 66.4 Å². The Bertz CT molecular complexity index is 1340. The number of halogens is 1. The van der Waals surface area contributed by atoms with Crippen molar-refractivity contribution in [1.29, 1.82) is 0 Å². The third-order valence-electron chi connectivity index (χ3n) is 4.94. The van der Waals surface area contributed by atoms with Crippen LogP contribution in [0.3, 0.4) is 0 Å². The Hall–Kier alpha value is -4.64. The average Bonchev–Trinajstić information content (AvgIpc) is 3.07. The lowest BCUT2D eigenvalue weighted by Crippen LogP contribution is -2.38. The first-order valence-electron chi connectivity index (χ1n) is 9.95. The van der Waals surface area contributed by atoms with Gasteiger partial charge < -0.3 is 15.4 Å². The van der Waals surface area contributed by atoms with Crippen LogP contribution >= 0.6 is 0 Å². The summed E-state index contributed by atoms with van der Waals surface area (Å²) in [5, 5.41) is 6.52. The minimum atomic E-state index is -0.763. The number of carbonyl (C=O) groups is 3. The molecule has 4 rings (SSSR count). The van der Waals surface area contributed by atoms with Crippen molar-refractivity contribution >= 4 is 40.4 Å². The largest absolute Gasteiger partial charge is 0.480 e. The van der Waals surface area contributed by atoms with Crippen molar-refractivity contribution < 1.29 is 23.5 Å². The molecule has 1 fully saturated rings. The van der Waals surface area contributed by atoms with Gasteiger partial charge in [0, 0.05) is 5.56 Å². The van der Waals surface area contributed by atoms with E-state index in [1.165, 1.54) is 24.3 Å². The summed E-state index contributed by atoms with van der Waals surface area (Å²) in [5.41, 5.74) is 0.488.